The van der Waals surface area contributed by atoms with Gasteiger partial charge in [-0.25, -0.2) is 0 Å². The molecule has 1 heterocycles. The van der Waals surface area contributed by atoms with Crippen molar-refractivity contribution in [3.63, 3.8) is 0 Å². The van der Waals surface area contributed by atoms with Gasteiger partial charge >= 0.3 is 51.4 Å². The Hall–Kier alpha value is -0.684. The van der Waals surface area contributed by atoms with Gasteiger partial charge in [-0.2, -0.15) is 0 Å². The molecule has 0 radical (unpaired) electrons. The molecule has 0 atom stereocenters. The topological polar surface area (TPSA) is 124 Å². The van der Waals surface area contributed by atoms with Crippen LogP contribution in [0, 0.1) is 0 Å². The van der Waals surface area contributed by atoms with Crippen molar-refractivity contribution in [2.75, 3.05) is 39.3 Å². The third kappa shape index (κ3) is 12.9. The number of nitrogens with two attached hydrogens (primary N) is 2. The van der Waals surface area contributed by atoms with E-state index in [0.29, 0.717) is 6.61 Å². The van der Waals surface area contributed by atoms with E-state index >= 15 is 0 Å². The predicted octanol–water partition coefficient (Wildman–Crippen LogP) is -0.698. The average Bonchev–Trinajstić information content (AvgIpc) is 2.75. The molecule has 1 aliphatic rings. The van der Waals surface area contributed by atoms with Gasteiger partial charge in [-0.05, 0) is 50.1 Å². The van der Waals surface area contributed by atoms with Crippen molar-refractivity contribution >= 4 is 11.8 Å². The van der Waals surface area contributed by atoms with Crippen LogP contribution >= 0.6 is 0 Å². The molecular weight excluding hydrogens is 405 g/mol. The number of rotatable bonds is 15. The van der Waals surface area contributed by atoms with Crippen LogP contribution in [0.4, 0.5) is 0 Å². The summed E-state index contributed by atoms with van der Waals surface area (Å²) in [6.07, 6.45) is 7.73. The third-order valence-corrected chi connectivity index (χ3v) is 4.56. The van der Waals surface area contributed by atoms with Crippen molar-refractivity contribution in [1.29, 1.82) is 0 Å². The maximum absolute atomic E-state index is 5.79. The maximum atomic E-state index is 5.79. The van der Waals surface area contributed by atoms with E-state index in [2.05, 4.69) is 38.3 Å². The van der Waals surface area contributed by atoms with E-state index in [0.717, 1.165) is 82.0 Å². The zero-order valence-electron chi connectivity index (χ0n) is 18.4. The maximum Gasteiger partial charge on any atom is 1.00 e. The fourth-order valence-electron chi connectivity index (χ4n) is 2.98. The van der Waals surface area contributed by atoms with Gasteiger partial charge in [-0.1, -0.05) is 25.7 Å². The van der Waals surface area contributed by atoms with Crippen LogP contribution in [-0.2, 0) is 0 Å². The minimum atomic E-state index is 0. The first kappa shape index (κ1) is 27.4. The van der Waals surface area contributed by atoms with Gasteiger partial charge in [-0.15, -0.1) is 6.54 Å². The van der Waals surface area contributed by atoms with Gasteiger partial charge in [-0.3, -0.25) is 9.98 Å². The van der Waals surface area contributed by atoms with Crippen molar-refractivity contribution in [1.82, 2.24) is 10.7 Å². The molecule has 0 amide bonds. The number of unbranched alkanes of at least 4 members (excludes halogenated alkanes) is 4. The molecule has 0 unspecified atom stereocenters. The van der Waals surface area contributed by atoms with E-state index in [9.17, 15) is 0 Å². The van der Waals surface area contributed by atoms with Crippen LogP contribution in [0.15, 0.2) is 34.3 Å². The van der Waals surface area contributed by atoms with Gasteiger partial charge in [0.1, 0.15) is 11.6 Å². The van der Waals surface area contributed by atoms with E-state index in [1.165, 1.54) is 12.8 Å². The summed E-state index contributed by atoms with van der Waals surface area (Å²) in [5.74, 6) is 2.06. The molecule has 1 aromatic carbocycles. The fourth-order valence-corrected chi connectivity index (χ4v) is 2.98. The number of nitrogens with one attached hydrogen (secondary N) is 2. The molecule has 0 aliphatic carbocycles. The van der Waals surface area contributed by atoms with E-state index in [4.69, 9.17) is 16.2 Å². The molecule has 0 saturated heterocycles. The van der Waals surface area contributed by atoms with Gasteiger partial charge < -0.3 is 32.4 Å². The smallest absolute Gasteiger partial charge is 0.597 e. The first-order valence-corrected chi connectivity index (χ1v) is 10.7. The number of aliphatic imine (C=N–C) groups is 2. The first-order valence-electron chi connectivity index (χ1n) is 10.7. The summed E-state index contributed by atoms with van der Waals surface area (Å²) in [5.41, 5.74) is 19.2. The van der Waals surface area contributed by atoms with Crippen LogP contribution in [0.3, 0.4) is 0 Å². The molecule has 8 nitrogen and oxygen atoms in total. The molecule has 1 aliphatic heterocycles. The van der Waals surface area contributed by atoms with Crippen molar-refractivity contribution in [2.24, 2.45) is 21.5 Å². The van der Waals surface area contributed by atoms with E-state index < -0.39 is 0 Å². The van der Waals surface area contributed by atoms with Gasteiger partial charge in [0.25, 0.3) is 0 Å². The second kappa shape index (κ2) is 17.9. The van der Waals surface area contributed by atoms with Crippen LogP contribution in [0.25, 0.3) is 5.43 Å². The molecule has 6 N–H and O–H groups in total. The summed E-state index contributed by atoms with van der Waals surface area (Å²) >= 11 is 0. The summed E-state index contributed by atoms with van der Waals surface area (Å²) in [4.78, 5) is 8.48. The summed E-state index contributed by atoms with van der Waals surface area (Å²) in [6.45, 7) is 4.99. The molecule has 0 aromatic heterocycles. The van der Waals surface area contributed by atoms with Crippen LogP contribution in [-0.4, -0.2) is 51.1 Å². The normalized spacial score (nSPS) is 13.0. The number of amidine groups is 1. The number of benzene rings is 1. The van der Waals surface area contributed by atoms with Crippen LogP contribution in [0.1, 0.15) is 50.5 Å². The number of hydrogen-bond acceptors (Lipinski definition) is 5. The zero-order valence-corrected chi connectivity index (χ0v) is 21.5. The molecule has 9 heteroatoms. The van der Waals surface area contributed by atoms with E-state index in [1.54, 1.807) is 0 Å². The Kier molecular flexibility index (Phi) is 16.4. The standard InChI is InChI=1S/C21H36N7O.K/c22-21(23)26-12-4-2-1-3-5-15-27-28-16-7-17-29-19-10-8-18(9-11-19)20-24-13-6-14-25-20;/h8-11,28H,1-7,12-17H2,(H,24,25)(H4,22,23,26);/q-1;+1. The third-order valence-electron chi connectivity index (χ3n) is 4.56. The second-order valence-electron chi connectivity index (χ2n) is 7.10. The molecule has 0 saturated carbocycles. The summed E-state index contributed by atoms with van der Waals surface area (Å²) in [5, 5.41) is 3.33. The van der Waals surface area contributed by atoms with E-state index in [1.807, 2.05) is 12.1 Å². The molecule has 1 aromatic rings. The Balaban J connectivity index is 0.00000450. The van der Waals surface area contributed by atoms with Crippen LogP contribution in [0.5, 0.6) is 5.75 Å². The Bertz CT molecular complexity index is 618. The molecular formula is C21H36KN7O. The Labute approximate surface area is 223 Å². The Morgan fingerprint density at radius 1 is 1.10 bits per heavy atom. The van der Waals surface area contributed by atoms with Crippen LogP contribution in [0.2, 0.25) is 0 Å². The summed E-state index contributed by atoms with van der Waals surface area (Å²) < 4.78 is 5.79. The second-order valence-corrected chi connectivity index (χ2v) is 7.10. The van der Waals surface area contributed by atoms with E-state index in [-0.39, 0.29) is 57.3 Å². The Morgan fingerprint density at radius 2 is 1.87 bits per heavy atom. The van der Waals surface area contributed by atoms with Crippen molar-refractivity contribution in [3.8, 4) is 5.75 Å². The minimum absolute atomic E-state index is 0. The quantitative estimate of drug-likeness (QED) is 0.0942. The Morgan fingerprint density at radius 3 is 2.60 bits per heavy atom. The fraction of sp³-hybridized carbons (Fsp3) is 0.619. The number of nitrogens with zero attached hydrogens (tertiary/aromatic N) is 3. The molecule has 0 bridgehead atoms. The molecule has 0 fully saturated rings. The van der Waals surface area contributed by atoms with Gasteiger partial charge in [0, 0.05) is 25.2 Å². The van der Waals surface area contributed by atoms with Crippen molar-refractivity contribution < 1.29 is 56.1 Å². The largest absolute Gasteiger partial charge is 1.00 e. The van der Waals surface area contributed by atoms with Crippen molar-refractivity contribution in [3.05, 3.63) is 35.3 Å². The number of hydrogen-bond donors (Lipinski definition) is 4. The minimum Gasteiger partial charge on any atom is -0.597 e. The molecule has 0 spiro atoms. The molecule has 162 valence electrons. The summed E-state index contributed by atoms with van der Waals surface area (Å²) in [7, 11) is 0. The van der Waals surface area contributed by atoms with Gasteiger partial charge in [0.15, 0.2) is 5.96 Å². The van der Waals surface area contributed by atoms with Gasteiger partial charge in [0.05, 0.1) is 6.61 Å². The first-order chi connectivity index (χ1) is 14.3. The molecule has 30 heavy (non-hydrogen) atoms. The predicted molar refractivity (Wildman–Crippen MR) is 121 cm³/mol. The van der Waals surface area contributed by atoms with Crippen molar-refractivity contribution in [2.45, 2.75) is 44.9 Å². The van der Waals surface area contributed by atoms with Crippen LogP contribution < -0.4 is 78.3 Å². The number of ether oxygens (including phenoxy) is 1. The monoisotopic (exact) mass is 441 g/mol. The SMILES string of the molecule is NC(N)=NCCCCCCC[N-]NCCCOc1ccc(C2=NCCCN2)cc1.[K+]. The molecule has 2 rings (SSSR count). The zero-order chi connectivity index (χ0) is 20.6. The average molecular weight is 442 g/mol. The summed E-state index contributed by atoms with van der Waals surface area (Å²) in [6, 6.07) is 8.12. The number of guanidine groups is 1. The van der Waals surface area contributed by atoms with Gasteiger partial charge in [0.2, 0.25) is 0 Å².